The van der Waals surface area contributed by atoms with Crippen molar-refractivity contribution in [2.45, 2.75) is 31.8 Å². The van der Waals surface area contributed by atoms with E-state index >= 15 is 0 Å². The van der Waals surface area contributed by atoms with Crippen molar-refractivity contribution in [2.24, 2.45) is 0 Å². The number of ether oxygens (including phenoxy) is 1. The van der Waals surface area contributed by atoms with Crippen molar-refractivity contribution >= 4 is 15.9 Å². The number of benzene rings is 1. The van der Waals surface area contributed by atoms with Crippen LogP contribution in [-0.4, -0.2) is 25.8 Å². The van der Waals surface area contributed by atoms with Crippen LogP contribution in [0.3, 0.4) is 0 Å². The van der Waals surface area contributed by atoms with Crippen LogP contribution in [0.15, 0.2) is 28.7 Å². The van der Waals surface area contributed by atoms with Gasteiger partial charge >= 0.3 is 0 Å². The summed E-state index contributed by atoms with van der Waals surface area (Å²) in [4.78, 5) is 0. The molecule has 1 aromatic carbocycles. The van der Waals surface area contributed by atoms with Gasteiger partial charge in [0.05, 0.1) is 12.7 Å². The largest absolute Gasteiger partial charge is 0.378 e. The number of rotatable bonds is 4. The Balaban J connectivity index is 1.73. The number of halogens is 1. The van der Waals surface area contributed by atoms with Crippen LogP contribution in [-0.2, 0) is 11.2 Å². The lowest BCUT2D eigenvalue weighted by molar-refractivity contribution is 0.0474. The Kier molecular flexibility index (Phi) is 5.49. The van der Waals surface area contributed by atoms with Crippen LogP contribution in [0, 0.1) is 0 Å². The Morgan fingerprint density at radius 2 is 2.12 bits per heavy atom. The van der Waals surface area contributed by atoms with Gasteiger partial charge in [-0.05, 0) is 50.4 Å². The summed E-state index contributed by atoms with van der Waals surface area (Å²) in [6.45, 7) is 3.07. The second kappa shape index (κ2) is 7.14. The highest BCUT2D eigenvalue weighted by Gasteiger charge is 2.11. The maximum atomic E-state index is 5.96. The molecule has 17 heavy (non-hydrogen) atoms. The third-order valence-electron chi connectivity index (χ3n) is 3.21. The first-order valence-electron chi connectivity index (χ1n) is 6.42. The van der Waals surface area contributed by atoms with Crippen LogP contribution in [0.1, 0.15) is 24.8 Å². The summed E-state index contributed by atoms with van der Waals surface area (Å²) in [5.74, 6) is 0. The van der Waals surface area contributed by atoms with Gasteiger partial charge in [0.1, 0.15) is 0 Å². The summed E-state index contributed by atoms with van der Waals surface area (Å²) < 4.78 is 7.15. The predicted molar refractivity (Wildman–Crippen MR) is 74.3 cm³/mol. The van der Waals surface area contributed by atoms with E-state index in [9.17, 15) is 0 Å². The average Bonchev–Trinajstić information content (AvgIpc) is 2.60. The van der Waals surface area contributed by atoms with Crippen molar-refractivity contribution < 1.29 is 4.74 Å². The fourth-order valence-corrected chi connectivity index (χ4v) is 2.67. The van der Waals surface area contributed by atoms with Crippen molar-refractivity contribution in [1.29, 1.82) is 0 Å². The molecule has 1 aromatic rings. The minimum Gasteiger partial charge on any atom is -0.378 e. The Labute approximate surface area is 112 Å². The molecule has 3 heteroatoms. The van der Waals surface area contributed by atoms with E-state index < -0.39 is 0 Å². The molecule has 0 saturated carbocycles. The van der Waals surface area contributed by atoms with Gasteiger partial charge in [0, 0.05) is 4.47 Å². The SMILES string of the molecule is Brc1ccccc1CCOC1CCCNCC1. The van der Waals surface area contributed by atoms with E-state index in [0.29, 0.717) is 6.10 Å². The van der Waals surface area contributed by atoms with Crippen LogP contribution in [0.25, 0.3) is 0 Å². The number of nitrogens with one attached hydrogen (secondary N) is 1. The molecule has 2 rings (SSSR count). The second-order valence-corrected chi connectivity index (χ2v) is 5.37. The zero-order valence-electron chi connectivity index (χ0n) is 10.1. The van der Waals surface area contributed by atoms with E-state index in [-0.39, 0.29) is 0 Å². The maximum absolute atomic E-state index is 5.96. The summed E-state index contributed by atoms with van der Waals surface area (Å²) in [7, 11) is 0. The first kappa shape index (κ1) is 13.1. The summed E-state index contributed by atoms with van der Waals surface area (Å²) in [5, 5.41) is 3.41. The molecule has 1 atom stereocenters. The first-order chi connectivity index (χ1) is 8.36. The highest BCUT2D eigenvalue weighted by atomic mass is 79.9. The molecule has 1 fully saturated rings. The lowest BCUT2D eigenvalue weighted by Crippen LogP contribution is -2.18. The molecule has 1 N–H and O–H groups in total. The van der Waals surface area contributed by atoms with E-state index in [1.165, 1.54) is 22.9 Å². The molecule has 1 saturated heterocycles. The molecule has 0 amide bonds. The van der Waals surface area contributed by atoms with E-state index in [4.69, 9.17) is 4.74 Å². The van der Waals surface area contributed by atoms with Crippen LogP contribution < -0.4 is 5.32 Å². The monoisotopic (exact) mass is 297 g/mol. The Bertz CT molecular complexity index is 335. The third kappa shape index (κ3) is 4.41. The van der Waals surface area contributed by atoms with E-state index in [2.05, 4.69) is 39.4 Å². The molecule has 1 aliphatic heterocycles. The zero-order chi connectivity index (χ0) is 11.9. The van der Waals surface area contributed by atoms with E-state index in [0.717, 1.165) is 32.5 Å². The van der Waals surface area contributed by atoms with Gasteiger partial charge in [0.2, 0.25) is 0 Å². The third-order valence-corrected chi connectivity index (χ3v) is 3.98. The van der Waals surface area contributed by atoms with Gasteiger partial charge < -0.3 is 10.1 Å². The van der Waals surface area contributed by atoms with Gasteiger partial charge in [-0.15, -0.1) is 0 Å². The highest BCUT2D eigenvalue weighted by molar-refractivity contribution is 9.10. The summed E-state index contributed by atoms with van der Waals surface area (Å²) in [6, 6.07) is 8.37. The number of hydrogen-bond donors (Lipinski definition) is 1. The molecule has 0 bridgehead atoms. The van der Waals surface area contributed by atoms with E-state index in [1.807, 2.05) is 6.07 Å². The van der Waals surface area contributed by atoms with Gasteiger partial charge in [-0.3, -0.25) is 0 Å². The molecule has 1 heterocycles. The van der Waals surface area contributed by atoms with Crippen LogP contribution in [0.4, 0.5) is 0 Å². The Hall–Kier alpha value is -0.380. The lowest BCUT2D eigenvalue weighted by Gasteiger charge is -2.15. The Morgan fingerprint density at radius 3 is 3.00 bits per heavy atom. The molecule has 1 unspecified atom stereocenters. The topological polar surface area (TPSA) is 21.3 Å². The molecule has 2 nitrogen and oxygen atoms in total. The normalized spacial score (nSPS) is 21.1. The van der Waals surface area contributed by atoms with Crippen LogP contribution >= 0.6 is 15.9 Å². The highest BCUT2D eigenvalue weighted by Crippen LogP contribution is 2.17. The molecule has 0 aromatic heterocycles. The minimum atomic E-state index is 0.451. The molecule has 94 valence electrons. The molecule has 0 spiro atoms. The summed E-state index contributed by atoms with van der Waals surface area (Å²) in [6.07, 6.45) is 5.02. The summed E-state index contributed by atoms with van der Waals surface area (Å²) in [5.41, 5.74) is 1.33. The van der Waals surface area contributed by atoms with Crippen molar-refractivity contribution in [3.05, 3.63) is 34.3 Å². The lowest BCUT2D eigenvalue weighted by atomic mass is 10.1. The van der Waals surface area contributed by atoms with Crippen molar-refractivity contribution in [1.82, 2.24) is 5.32 Å². The summed E-state index contributed by atoms with van der Waals surface area (Å²) >= 11 is 3.57. The molecule has 0 aliphatic carbocycles. The second-order valence-electron chi connectivity index (χ2n) is 4.52. The average molecular weight is 298 g/mol. The number of hydrogen-bond acceptors (Lipinski definition) is 2. The van der Waals surface area contributed by atoms with Gasteiger partial charge in [0.25, 0.3) is 0 Å². The minimum absolute atomic E-state index is 0.451. The van der Waals surface area contributed by atoms with Crippen molar-refractivity contribution in [3.8, 4) is 0 Å². The molecule has 0 radical (unpaired) electrons. The smallest absolute Gasteiger partial charge is 0.0587 e. The van der Waals surface area contributed by atoms with Crippen molar-refractivity contribution in [3.63, 3.8) is 0 Å². The fraction of sp³-hybridized carbons (Fsp3) is 0.571. The van der Waals surface area contributed by atoms with Crippen LogP contribution in [0.5, 0.6) is 0 Å². The predicted octanol–water partition coefficient (Wildman–Crippen LogP) is 3.15. The van der Waals surface area contributed by atoms with Gasteiger partial charge in [-0.1, -0.05) is 34.1 Å². The van der Waals surface area contributed by atoms with Crippen molar-refractivity contribution in [2.75, 3.05) is 19.7 Å². The standard InChI is InChI=1S/C14H20BrNO/c15-14-6-2-1-4-12(14)8-11-17-13-5-3-9-16-10-7-13/h1-2,4,6,13,16H,3,5,7-11H2. The Morgan fingerprint density at radius 1 is 1.24 bits per heavy atom. The zero-order valence-corrected chi connectivity index (χ0v) is 11.7. The fourth-order valence-electron chi connectivity index (χ4n) is 2.19. The maximum Gasteiger partial charge on any atom is 0.0587 e. The van der Waals surface area contributed by atoms with Gasteiger partial charge in [-0.25, -0.2) is 0 Å². The van der Waals surface area contributed by atoms with Gasteiger partial charge in [-0.2, -0.15) is 0 Å². The van der Waals surface area contributed by atoms with Crippen LogP contribution in [0.2, 0.25) is 0 Å². The molecular weight excluding hydrogens is 278 g/mol. The molecular formula is C14H20BrNO. The molecule has 1 aliphatic rings. The quantitative estimate of drug-likeness (QED) is 0.922. The first-order valence-corrected chi connectivity index (χ1v) is 7.21. The van der Waals surface area contributed by atoms with Gasteiger partial charge in [0.15, 0.2) is 0 Å². The van der Waals surface area contributed by atoms with E-state index in [1.54, 1.807) is 0 Å².